The minimum atomic E-state index is -4.22. The van der Waals surface area contributed by atoms with Crippen molar-refractivity contribution < 1.29 is 22.9 Å². The number of ether oxygens (including phenoxy) is 1. The van der Waals surface area contributed by atoms with Gasteiger partial charge in [-0.25, -0.2) is 13.6 Å². The first-order valence-electron chi connectivity index (χ1n) is 5.84. The highest BCUT2D eigenvalue weighted by molar-refractivity contribution is 7.89. The van der Waals surface area contributed by atoms with Crippen molar-refractivity contribution in [3.8, 4) is 5.75 Å². The molecule has 0 aliphatic rings. The average molecular weight is 317 g/mol. The summed E-state index contributed by atoms with van der Waals surface area (Å²) < 4.78 is 28.0. The quantitative estimate of drug-likeness (QED) is 0.584. The highest BCUT2D eigenvalue weighted by Crippen LogP contribution is 2.27. The Labute approximate surface area is 121 Å². The zero-order chi connectivity index (χ0) is 16.2. The Hall–Kier alpha value is -2.20. The summed E-state index contributed by atoms with van der Waals surface area (Å²) in [6.45, 7) is 1.83. The summed E-state index contributed by atoms with van der Waals surface area (Å²) in [6, 6.07) is 2.95. The number of nitro benzene ring substituents is 1. The van der Waals surface area contributed by atoms with E-state index in [1.54, 1.807) is 14.0 Å². The van der Waals surface area contributed by atoms with Gasteiger partial charge >= 0.3 is 0 Å². The van der Waals surface area contributed by atoms with Gasteiger partial charge in [-0.2, -0.15) is 0 Å². The molecular weight excluding hydrogens is 302 g/mol. The molecule has 0 unspecified atom stereocenters. The van der Waals surface area contributed by atoms with Crippen molar-refractivity contribution >= 4 is 21.6 Å². The van der Waals surface area contributed by atoms with Crippen LogP contribution in [0.1, 0.15) is 6.92 Å². The molecule has 0 saturated carbocycles. The number of nitro groups is 1. The Balaban J connectivity index is 3.07. The van der Waals surface area contributed by atoms with Gasteiger partial charge in [0, 0.05) is 25.7 Å². The first-order valence-corrected chi connectivity index (χ1v) is 7.39. The second-order valence-corrected chi connectivity index (χ2v) is 5.66. The number of carbonyl (C=O) groups excluding carboxylic acids is 1. The van der Waals surface area contributed by atoms with E-state index in [0.29, 0.717) is 6.54 Å². The van der Waals surface area contributed by atoms with Gasteiger partial charge < -0.3 is 9.64 Å². The van der Waals surface area contributed by atoms with E-state index in [1.807, 2.05) is 0 Å². The van der Waals surface area contributed by atoms with E-state index in [2.05, 4.69) is 0 Å². The summed E-state index contributed by atoms with van der Waals surface area (Å²) in [6.07, 6.45) is 0. The number of nitrogens with zero attached hydrogens (tertiary/aromatic N) is 2. The standard InChI is InChI=1S/C11H15N3O6S/c1-3-13(2)11(15)7-20-9-5-4-8(14(16)17)6-10(9)21(12,18)19/h4-6H,3,7H2,1-2H3,(H2,12,18,19). The number of amides is 1. The minimum Gasteiger partial charge on any atom is -0.482 e. The number of non-ortho nitro benzene ring substituents is 1. The molecule has 0 aliphatic carbocycles. The minimum absolute atomic E-state index is 0.207. The highest BCUT2D eigenvalue weighted by Gasteiger charge is 2.21. The third-order valence-electron chi connectivity index (χ3n) is 2.70. The number of hydrogen-bond acceptors (Lipinski definition) is 6. The summed E-state index contributed by atoms with van der Waals surface area (Å²) >= 11 is 0. The maximum absolute atomic E-state index is 11.6. The Morgan fingerprint density at radius 3 is 2.57 bits per heavy atom. The number of nitrogens with two attached hydrogens (primary N) is 1. The molecule has 0 bridgehead atoms. The Morgan fingerprint density at radius 2 is 2.10 bits per heavy atom. The molecule has 0 spiro atoms. The van der Waals surface area contributed by atoms with E-state index in [0.717, 1.165) is 18.2 Å². The number of sulfonamides is 1. The third kappa shape index (κ3) is 4.39. The third-order valence-corrected chi connectivity index (χ3v) is 3.63. The number of carbonyl (C=O) groups is 1. The van der Waals surface area contributed by atoms with Crippen molar-refractivity contribution in [1.82, 2.24) is 4.90 Å². The van der Waals surface area contributed by atoms with Crippen LogP contribution in [0.4, 0.5) is 5.69 Å². The van der Waals surface area contributed by atoms with Crippen LogP contribution in [0.2, 0.25) is 0 Å². The Kier molecular flexibility index (Phi) is 5.22. The van der Waals surface area contributed by atoms with Crippen molar-refractivity contribution in [1.29, 1.82) is 0 Å². The lowest BCUT2D eigenvalue weighted by Gasteiger charge is -2.15. The smallest absolute Gasteiger partial charge is 0.271 e. The van der Waals surface area contributed by atoms with Gasteiger partial charge in [0.15, 0.2) is 6.61 Å². The van der Waals surface area contributed by atoms with E-state index in [-0.39, 0.29) is 11.7 Å². The van der Waals surface area contributed by atoms with Crippen LogP contribution < -0.4 is 9.88 Å². The number of benzene rings is 1. The largest absolute Gasteiger partial charge is 0.482 e. The summed E-state index contributed by atoms with van der Waals surface area (Å²) in [5, 5.41) is 15.6. The van der Waals surface area contributed by atoms with Gasteiger partial charge in [-0.05, 0) is 13.0 Å². The first kappa shape index (κ1) is 16.9. The van der Waals surface area contributed by atoms with Gasteiger partial charge in [0.1, 0.15) is 10.6 Å². The van der Waals surface area contributed by atoms with Crippen LogP contribution in [0.5, 0.6) is 5.75 Å². The second-order valence-electron chi connectivity index (χ2n) is 4.13. The number of hydrogen-bond donors (Lipinski definition) is 1. The summed E-state index contributed by atoms with van der Waals surface area (Å²) in [4.78, 5) is 22.3. The van der Waals surface area contributed by atoms with Gasteiger partial charge in [-0.15, -0.1) is 0 Å². The monoisotopic (exact) mass is 317 g/mol. The van der Waals surface area contributed by atoms with E-state index in [1.165, 1.54) is 4.90 Å². The zero-order valence-electron chi connectivity index (χ0n) is 11.5. The molecule has 10 heteroatoms. The van der Waals surface area contributed by atoms with E-state index >= 15 is 0 Å². The van der Waals surface area contributed by atoms with Gasteiger partial charge in [0.05, 0.1) is 4.92 Å². The number of likely N-dealkylation sites (N-methyl/N-ethyl adjacent to an activating group) is 1. The lowest BCUT2D eigenvalue weighted by molar-refractivity contribution is -0.385. The molecule has 21 heavy (non-hydrogen) atoms. The van der Waals surface area contributed by atoms with E-state index in [4.69, 9.17) is 9.88 Å². The van der Waals surface area contributed by atoms with Crippen molar-refractivity contribution in [2.45, 2.75) is 11.8 Å². The zero-order valence-corrected chi connectivity index (χ0v) is 12.3. The molecule has 0 saturated heterocycles. The van der Waals surface area contributed by atoms with E-state index < -0.39 is 32.1 Å². The Bertz CT molecular complexity index is 658. The molecule has 1 amide bonds. The fraction of sp³-hybridized carbons (Fsp3) is 0.364. The molecule has 9 nitrogen and oxygen atoms in total. The number of primary sulfonamides is 1. The van der Waals surface area contributed by atoms with Gasteiger partial charge in [-0.3, -0.25) is 14.9 Å². The molecule has 1 rings (SSSR count). The van der Waals surface area contributed by atoms with Crippen molar-refractivity contribution in [3.63, 3.8) is 0 Å². The lowest BCUT2D eigenvalue weighted by Crippen LogP contribution is -2.31. The predicted octanol–water partition coefficient (Wildman–Crippen LogP) is 0.0993. The normalized spacial score (nSPS) is 11.0. The molecule has 2 N–H and O–H groups in total. The Morgan fingerprint density at radius 1 is 1.48 bits per heavy atom. The topological polar surface area (TPSA) is 133 Å². The highest BCUT2D eigenvalue weighted by atomic mass is 32.2. The van der Waals surface area contributed by atoms with E-state index in [9.17, 15) is 23.3 Å². The summed E-state index contributed by atoms with van der Waals surface area (Å²) in [7, 11) is -2.66. The van der Waals surface area contributed by atoms with Crippen LogP contribution in [0, 0.1) is 10.1 Å². The molecule has 0 aliphatic heterocycles. The van der Waals surface area contributed by atoms with Crippen molar-refractivity contribution in [2.24, 2.45) is 5.14 Å². The van der Waals surface area contributed by atoms with Crippen molar-refractivity contribution in [2.75, 3.05) is 20.2 Å². The van der Waals surface area contributed by atoms with Gasteiger partial charge in [0.25, 0.3) is 11.6 Å². The summed E-state index contributed by atoms with van der Waals surface area (Å²) in [5.74, 6) is -0.572. The van der Waals surface area contributed by atoms with Gasteiger partial charge in [0.2, 0.25) is 10.0 Å². The van der Waals surface area contributed by atoms with Crippen LogP contribution in [-0.2, 0) is 14.8 Å². The number of rotatable bonds is 6. The molecular formula is C11H15N3O6S. The molecule has 0 radical (unpaired) electrons. The van der Waals surface area contributed by atoms with Crippen LogP contribution in [-0.4, -0.2) is 44.3 Å². The van der Waals surface area contributed by atoms with Crippen LogP contribution in [0.3, 0.4) is 0 Å². The van der Waals surface area contributed by atoms with Crippen molar-refractivity contribution in [3.05, 3.63) is 28.3 Å². The molecule has 0 heterocycles. The molecule has 116 valence electrons. The molecule has 0 fully saturated rings. The first-order chi connectivity index (χ1) is 9.66. The van der Waals surface area contributed by atoms with Crippen LogP contribution in [0.25, 0.3) is 0 Å². The van der Waals surface area contributed by atoms with Crippen LogP contribution in [0.15, 0.2) is 23.1 Å². The van der Waals surface area contributed by atoms with Crippen LogP contribution >= 0.6 is 0 Å². The fourth-order valence-electron chi connectivity index (χ4n) is 1.38. The molecule has 1 aromatic rings. The fourth-order valence-corrected chi connectivity index (χ4v) is 2.07. The summed E-state index contributed by atoms with van der Waals surface area (Å²) in [5.41, 5.74) is -0.441. The van der Waals surface area contributed by atoms with Gasteiger partial charge in [-0.1, -0.05) is 0 Å². The second kappa shape index (κ2) is 6.50. The average Bonchev–Trinajstić information content (AvgIpc) is 2.42. The molecule has 0 atom stereocenters. The maximum atomic E-state index is 11.6. The SMILES string of the molecule is CCN(C)C(=O)COc1ccc([N+](=O)[O-])cc1S(N)(=O)=O. The maximum Gasteiger partial charge on any atom is 0.271 e. The lowest BCUT2D eigenvalue weighted by atomic mass is 10.3. The molecule has 0 aromatic heterocycles. The molecule has 1 aromatic carbocycles. The predicted molar refractivity (Wildman–Crippen MR) is 73.3 cm³/mol.